The summed E-state index contributed by atoms with van der Waals surface area (Å²) in [6, 6.07) is 11.2. The number of ether oxygens (including phenoxy) is 2. The van der Waals surface area contributed by atoms with E-state index in [1.54, 1.807) is 48.5 Å². The zero-order chi connectivity index (χ0) is 27.0. The number of methoxy groups -OCH3 is 2. The van der Waals surface area contributed by atoms with E-state index in [0.29, 0.717) is 40.4 Å². The van der Waals surface area contributed by atoms with Gasteiger partial charge in [-0.1, -0.05) is 18.2 Å². The number of hydrogen-bond donors (Lipinski definition) is 2. The van der Waals surface area contributed by atoms with Crippen LogP contribution in [-0.2, 0) is 0 Å². The lowest BCUT2D eigenvalue weighted by atomic mass is 9.96. The van der Waals surface area contributed by atoms with Gasteiger partial charge >= 0.3 is 6.18 Å². The molecule has 11 heteroatoms. The Kier molecular flexibility index (Phi) is 6.95. The second-order valence-corrected chi connectivity index (χ2v) is 9.59. The van der Waals surface area contributed by atoms with Crippen molar-refractivity contribution in [2.75, 3.05) is 39.2 Å². The van der Waals surface area contributed by atoms with Crippen LogP contribution in [0.25, 0.3) is 11.3 Å². The van der Waals surface area contributed by atoms with E-state index < -0.39 is 18.3 Å². The third-order valence-corrected chi connectivity index (χ3v) is 7.19. The molecule has 1 saturated heterocycles. The van der Waals surface area contributed by atoms with Gasteiger partial charge in [0.2, 0.25) is 0 Å². The largest absolute Gasteiger partial charge is 0.493 e. The third-order valence-electron chi connectivity index (χ3n) is 7.19. The Morgan fingerprint density at radius 1 is 1.05 bits per heavy atom. The zero-order valence-corrected chi connectivity index (χ0v) is 21.4. The number of amides is 1. The average molecular weight is 530 g/mol. The molecule has 0 saturated carbocycles. The Bertz CT molecular complexity index is 1310. The highest BCUT2D eigenvalue weighted by Gasteiger charge is 2.46. The van der Waals surface area contributed by atoms with Gasteiger partial charge in [-0.25, -0.2) is 4.68 Å². The van der Waals surface area contributed by atoms with Crippen LogP contribution in [0, 0.1) is 0 Å². The second-order valence-electron chi connectivity index (χ2n) is 9.59. The number of carbonyl (C=O) groups excluding carboxylic acids is 1. The van der Waals surface area contributed by atoms with Crippen molar-refractivity contribution in [3.8, 4) is 22.8 Å². The van der Waals surface area contributed by atoms with Crippen LogP contribution in [0.3, 0.4) is 0 Å². The van der Waals surface area contributed by atoms with Crippen molar-refractivity contribution in [1.29, 1.82) is 0 Å². The Labute approximate surface area is 218 Å². The number of fused-ring (bicyclic) bond motifs is 1. The van der Waals surface area contributed by atoms with E-state index in [9.17, 15) is 18.0 Å². The van der Waals surface area contributed by atoms with Crippen molar-refractivity contribution in [3.05, 3.63) is 59.7 Å². The van der Waals surface area contributed by atoms with Crippen LogP contribution in [0.15, 0.2) is 48.5 Å². The molecule has 0 radical (unpaired) electrons. The summed E-state index contributed by atoms with van der Waals surface area (Å²) in [5.41, 5.74) is 2.20. The molecule has 1 amide bonds. The van der Waals surface area contributed by atoms with Crippen molar-refractivity contribution in [2.24, 2.45) is 0 Å². The van der Waals surface area contributed by atoms with Crippen molar-refractivity contribution >= 4 is 11.7 Å². The lowest BCUT2D eigenvalue weighted by molar-refractivity contribution is -0.173. The number of aromatic nitrogens is 2. The fourth-order valence-electron chi connectivity index (χ4n) is 5.09. The first kappa shape index (κ1) is 25.9. The molecule has 1 aromatic heterocycles. The van der Waals surface area contributed by atoms with E-state index in [-0.39, 0.29) is 24.2 Å². The van der Waals surface area contributed by atoms with Crippen LogP contribution in [0.4, 0.5) is 19.0 Å². The van der Waals surface area contributed by atoms with Gasteiger partial charge in [-0.2, -0.15) is 18.3 Å². The topological polar surface area (TPSA) is 80.7 Å². The number of carbonyl (C=O) groups is 1. The molecule has 0 aliphatic carbocycles. The van der Waals surface area contributed by atoms with Gasteiger partial charge in [0.1, 0.15) is 5.82 Å². The van der Waals surface area contributed by atoms with E-state index in [0.717, 1.165) is 17.8 Å². The highest BCUT2D eigenvalue weighted by Crippen LogP contribution is 2.45. The number of benzene rings is 2. The highest BCUT2D eigenvalue weighted by atomic mass is 19.4. The fraction of sp³-hybridized carbons (Fsp3) is 0.407. The number of nitrogens with zero attached hydrogens (tertiary/aromatic N) is 3. The predicted octanol–water partition coefficient (Wildman–Crippen LogP) is 4.66. The minimum Gasteiger partial charge on any atom is -0.493 e. The molecule has 0 bridgehead atoms. The number of nitrogens with one attached hydrogen (secondary N) is 2. The minimum atomic E-state index is -4.49. The SMILES string of the molecule is COc1ccc(C2CC(C(F)(F)F)n3nc(-c4ccc(C(=O)N5CCNC[C@@H]5C)cc4)cc3N2)cc1OC. The van der Waals surface area contributed by atoms with Gasteiger partial charge in [0.05, 0.1) is 26.0 Å². The van der Waals surface area contributed by atoms with Gasteiger partial charge in [0.25, 0.3) is 5.91 Å². The van der Waals surface area contributed by atoms with Gasteiger partial charge in [-0.3, -0.25) is 4.79 Å². The summed E-state index contributed by atoms with van der Waals surface area (Å²) in [4.78, 5) is 14.8. The molecule has 3 atom stereocenters. The van der Waals surface area contributed by atoms with Crippen molar-refractivity contribution in [1.82, 2.24) is 20.0 Å². The molecule has 5 rings (SSSR count). The Balaban J connectivity index is 1.42. The lowest BCUT2D eigenvalue weighted by Crippen LogP contribution is -2.52. The zero-order valence-electron chi connectivity index (χ0n) is 21.4. The number of alkyl halides is 3. The highest BCUT2D eigenvalue weighted by molar-refractivity contribution is 5.95. The molecule has 1 fully saturated rings. The molecule has 2 unspecified atom stereocenters. The van der Waals surface area contributed by atoms with E-state index in [1.807, 2.05) is 11.8 Å². The molecule has 2 N–H and O–H groups in total. The van der Waals surface area contributed by atoms with Crippen molar-refractivity contribution in [3.63, 3.8) is 0 Å². The number of rotatable bonds is 5. The first-order chi connectivity index (χ1) is 18.2. The van der Waals surface area contributed by atoms with Crippen LogP contribution in [0.5, 0.6) is 11.5 Å². The quantitative estimate of drug-likeness (QED) is 0.501. The monoisotopic (exact) mass is 529 g/mol. The number of piperazine rings is 1. The standard InChI is InChI=1S/C27H30F3N5O3/c1-16-15-31-10-11-34(16)26(36)18-6-4-17(5-7-18)21-14-25-32-20(13-24(27(28,29)30)35(25)33-21)19-8-9-22(37-2)23(12-19)38-3/h4-9,12,14,16,20,24,31-32H,10-11,13,15H2,1-3H3/t16-,20?,24?/m0/s1. The number of hydrogen-bond acceptors (Lipinski definition) is 6. The van der Waals surface area contributed by atoms with E-state index >= 15 is 0 Å². The molecule has 202 valence electrons. The van der Waals surface area contributed by atoms with Crippen LogP contribution in [0.1, 0.15) is 41.3 Å². The van der Waals surface area contributed by atoms with Crippen LogP contribution in [0.2, 0.25) is 0 Å². The summed E-state index contributed by atoms with van der Waals surface area (Å²) in [6.07, 6.45) is -4.73. The molecule has 8 nitrogen and oxygen atoms in total. The first-order valence-electron chi connectivity index (χ1n) is 12.5. The molecule has 3 heterocycles. The summed E-state index contributed by atoms with van der Waals surface area (Å²) < 4.78 is 54.1. The molecular formula is C27H30F3N5O3. The van der Waals surface area contributed by atoms with Crippen LogP contribution < -0.4 is 20.1 Å². The molecule has 38 heavy (non-hydrogen) atoms. The van der Waals surface area contributed by atoms with Gasteiger partial charge in [0, 0.05) is 49.3 Å². The Morgan fingerprint density at radius 3 is 2.45 bits per heavy atom. The van der Waals surface area contributed by atoms with E-state index in [2.05, 4.69) is 15.7 Å². The number of anilines is 1. The first-order valence-corrected chi connectivity index (χ1v) is 12.5. The van der Waals surface area contributed by atoms with Crippen molar-refractivity contribution < 1.29 is 27.4 Å². The number of halogens is 3. The summed E-state index contributed by atoms with van der Waals surface area (Å²) in [6.45, 7) is 4.10. The van der Waals surface area contributed by atoms with Gasteiger partial charge in [-0.05, 0) is 36.8 Å². The maximum Gasteiger partial charge on any atom is 0.410 e. The second kappa shape index (κ2) is 10.2. The molecule has 0 spiro atoms. The average Bonchev–Trinajstić information content (AvgIpc) is 3.35. The fourth-order valence-corrected chi connectivity index (χ4v) is 5.09. The summed E-state index contributed by atoms with van der Waals surface area (Å²) in [5.74, 6) is 1.15. The third kappa shape index (κ3) is 4.90. The predicted molar refractivity (Wildman–Crippen MR) is 137 cm³/mol. The molecule has 3 aromatic rings. The normalized spacial score (nSPS) is 21.4. The summed E-state index contributed by atoms with van der Waals surface area (Å²) in [5, 5.41) is 10.8. The van der Waals surface area contributed by atoms with Crippen LogP contribution in [-0.4, -0.2) is 66.7 Å². The maximum atomic E-state index is 14.2. The minimum absolute atomic E-state index is 0.0637. The van der Waals surface area contributed by atoms with Crippen molar-refractivity contribution in [2.45, 2.75) is 37.6 Å². The Morgan fingerprint density at radius 2 is 1.79 bits per heavy atom. The lowest BCUT2D eigenvalue weighted by Gasteiger charge is -2.34. The Hall–Kier alpha value is -3.73. The molecule has 2 aliphatic heterocycles. The summed E-state index contributed by atoms with van der Waals surface area (Å²) >= 11 is 0. The van der Waals surface area contributed by atoms with Crippen LogP contribution >= 0.6 is 0 Å². The van der Waals surface area contributed by atoms with E-state index in [1.165, 1.54) is 14.2 Å². The van der Waals surface area contributed by atoms with E-state index in [4.69, 9.17) is 9.47 Å². The summed E-state index contributed by atoms with van der Waals surface area (Å²) in [7, 11) is 2.99. The molecule has 2 aromatic carbocycles. The molecular weight excluding hydrogens is 499 g/mol. The van der Waals surface area contributed by atoms with Gasteiger partial charge in [0.15, 0.2) is 17.5 Å². The van der Waals surface area contributed by atoms with Gasteiger partial charge < -0.3 is 25.0 Å². The maximum absolute atomic E-state index is 14.2. The smallest absolute Gasteiger partial charge is 0.410 e. The van der Waals surface area contributed by atoms with Gasteiger partial charge in [-0.15, -0.1) is 0 Å². The molecule has 2 aliphatic rings.